The van der Waals surface area contributed by atoms with Crippen molar-refractivity contribution in [1.82, 2.24) is 9.97 Å². The third-order valence-corrected chi connectivity index (χ3v) is 6.98. The Balaban J connectivity index is 1.81. The van der Waals surface area contributed by atoms with E-state index in [1.807, 2.05) is 23.9 Å². The van der Waals surface area contributed by atoms with E-state index < -0.39 is 10.0 Å². The minimum atomic E-state index is -4.09. The second-order valence-corrected chi connectivity index (χ2v) is 10.1. The molecular weight excluding hydrogens is 514 g/mol. The Morgan fingerprint density at radius 3 is 2.37 bits per heavy atom. The Bertz CT molecular complexity index is 1330. The third kappa shape index (κ3) is 6.36. The maximum atomic E-state index is 13.4. The van der Waals surface area contributed by atoms with Gasteiger partial charge in [-0.2, -0.15) is 9.97 Å². The average Bonchev–Trinajstić information content (AvgIpc) is 2.93. The highest BCUT2D eigenvalue weighted by Gasteiger charge is 2.27. The molecule has 0 aliphatic carbocycles. The van der Waals surface area contributed by atoms with Crippen LogP contribution in [0.25, 0.3) is 0 Å². The van der Waals surface area contributed by atoms with Crippen LogP contribution in [0.15, 0.2) is 53.4 Å². The largest absolute Gasteiger partial charge is 0.493 e. The van der Waals surface area contributed by atoms with Crippen molar-refractivity contribution < 1.29 is 32.5 Å². The molecule has 3 aromatic rings. The van der Waals surface area contributed by atoms with Gasteiger partial charge < -0.3 is 33.9 Å². The molecule has 4 rings (SSSR count). The normalized spacial score (nSPS) is 13.6. The van der Waals surface area contributed by atoms with Crippen LogP contribution in [0.2, 0.25) is 0 Å². The lowest BCUT2D eigenvalue weighted by Gasteiger charge is -2.28. The molecule has 1 fully saturated rings. The zero-order valence-electron chi connectivity index (χ0n) is 21.5. The number of nitrogens with one attached hydrogen (secondary N) is 1. The molecule has 204 valence electrons. The zero-order chi connectivity index (χ0) is 27.1. The molecule has 2 heterocycles. The number of rotatable bonds is 11. The number of benzene rings is 2. The van der Waals surface area contributed by atoms with Gasteiger partial charge in [-0.1, -0.05) is 12.1 Å². The van der Waals surface area contributed by atoms with E-state index in [-0.39, 0.29) is 41.5 Å². The Labute approximate surface area is 221 Å². The third-order valence-electron chi connectivity index (χ3n) is 5.62. The highest BCUT2D eigenvalue weighted by molar-refractivity contribution is 7.92. The summed E-state index contributed by atoms with van der Waals surface area (Å²) in [4.78, 5) is 12.8. The summed E-state index contributed by atoms with van der Waals surface area (Å²) in [7, 11) is 1.13. The lowest BCUT2D eigenvalue weighted by Crippen LogP contribution is -2.37. The van der Waals surface area contributed by atoms with Gasteiger partial charge in [0.05, 0.1) is 31.8 Å². The number of nitrogens with zero attached hydrogens (tertiary/aromatic N) is 4. The fourth-order valence-corrected chi connectivity index (χ4v) is 4.65. The molecular formula is C25H31N5O7S. The average molecular weight is 546 g/mol. The number of para-hydroxylation sites is 2. The molecule has 0 unspecified atom stereocenters. The summed E-state index contributed by atoms with van der Waals surface area (Å²) >= 11 is 0. The fourth-order valence-electron chi connectivity index (χ4n) is 3.65. The van der Waals surface area contributed by atoms with Crippen LogP contribution < -0.4 is 28.7 Å². The van der Waals surface area contributed by atoms with E-state index in [0.717, 1.165) is 5.69 Å². The molecule has 1 saturated heterocycles. The number of ether oxygens (including phenoxy) is 4. The standard InChI is InChI=1S/C25H31N5O7S/c1-29(2)18-8-10-19(11-9-18)38(32,33)28-23-22(37-21-7-5-4-6-20(21)34-3)24(36-17-14-31)27-25(26-23)30-12-15-35-16-13-30/h4-11,31H,12-17H2,1-3H3,(H,26,27,28). The maximum absolute atomic E-state index is 13.4. The number of sulfonamides is 1. The van der Waals surface area contributed by atoms with Crippen LogP contribution in [0.1, 0.15) is 0 Å². The molecule has 2 aromatic carbocycles. The van der Waals surface area contributed by atoms with Crippen molar-refractivity contribution in [1.29, 1.82) is 0 Å². The maximum Gasteiger partial charge on any atom is 0.265 e. The first-order valence-electron chi connectivity index (χ1n) is 11.9. The lowest BCUT2D eigenvalue weighted by molar-refractivity contribution is 0.122. The van der Waals surface area contributed by atoms with Gasteiger partial charge in [-0.25, -0.2) is 8.42 Å². The number of anilines is 3. The molecule has 1 aromatic heterocycles. The summed E-state index contributed by atoms with van der Waals surface area (Å²) in [6.07, 6.45) is 0. The van der Waals surface area contributed by atoms with E-state index in [1.54, 1.807) is 36.4 Å². The number of aliphatic hydroxyl groups is 1. The van der Waals surface area contributed by atoms with Gasteiger partial charge in [0, 0.05) is 32.9 Å². The zero-order valence-corrected chi connectivity index (χ0v) is 22.3. The van der Waals surface area contributed by atoms with Gasteiger partial charge in [-0.15, -0.1) is 0 Å². The molecule has 1 aliphatic rings. The Morgan fingerprint density at radius 2 is 1.74 bits per heavy atom. The number of aromatic nitrogens is 2. The molecule has 0 saturated carbocycles. The van der Waals surface area contributed by atoms with Crippen LogP contribution in [-0.4, -0.2) is 84.2 Å². The number of morpholine rings is 1. The van der Waals surface area contributed by atoms with Crippen LogP contribution in [0, 0.1) is 0 Å². The van der Waals surface area contributed by atoms with Crippen molar-refractivity contribution in [2.75, 3.05) is 75.2 Å². The second-order valence-electron chi connectivity index (χ2n) is 8.42. The lowest BCUT2D eigenvalue weighted by atomic mass is 10.3. The number of aliphatic hydroxyl groups excluding tert-OH is 1. The van der Waals surface area contributed by atoms with E-state index in [9.17, 15) is 13.5 Å². The highest BCUT2D eigenvalue weighted by atomic mass is 32.2. The van der Waals surface area contributed by atoms with Gasteiger partial charge in [0.25, 0.3) is 15.9 Å². The predicted octanol–water partition coefficient (Wildman–Crippen LogP) is 2.35. The molecule has 0 radical (unpaired) electrons. The minimum Gasteiger partial charge on any atom is -0.493 e. The van der Waals surface area contributed by atoms with Crippen molar-refractivity contribution in [3.63, 3.8) is 0 Å². The first-order valence-corrected chi connectivity index (χ1v) is 13.4. The van der Waals surface area contributed by atoms with Crippen molar-refractivity contribution >= 4 is 27.5 Å². The van der Waals surface area contributed by atoms with Crippen LogP contribution in [0.5, 0.6) is 23.1 Å². The van der Waals surface area contributed by atoms with Gasteiger partial charge >= 0.3 is 0 Å². The van der Waals surface area contributed by atoms with Crippen LogP contribution >= 0.6 is 0 Å². The number of hydrogen-bond donors (Lipinski definition) is 2. The summed E-state index contributed by atoms with van der Waals surface area (Å²) in [5, 5.41) is 9.40. The van der Waals surface area contributed by atoms with Crippen molar-refractivity contribution in [2.45, 2.75) is 4.90 Å². The van der Waals surface area contributed by atoms with Crippen molar-refractivity contribution in [3.8, 4) is 23.1 Å². The van der Waals surface area contributed by atoms with E-state index in [0.29, 0.717) is 37.8 Å². The molecule has 13 heteroatoms. The van der Waals surface area contributed by atoms with E-state index >= 15 is 0 Å². The molecule has 38 heavy (non-hydrogen) atoms. The molecule has 0 spiro atoms. The van der Waals surface area contributed by atoms with Gasteiger partial charge in [0.15, 0.2) is 17.3 Å². The molecule has 1 aliphatic heterocycles. The number of hydrogen-bond acceptors (Lipinski definition) is 11. The summed E-state index contributed by atoms with van der Waals surface area (Å²) in [6.45, 7) is 1.56. The van der Waals surface area contributed by atoms with E-state index in [1.165, 1.54) is 19.2 Å². The summed E-state index contributed by atoms with van der Waals surface area (Å²) in [6, 6.07) is 13.3. The molecule has 2 N–H and O–H groups in total. The van der Waals surface area contributed by atoms with Crippen molar-refractivity contribution in [3.05, 3.63) is 48.5 Å². The molecule has 0 atom stereocenters. The van der Waals surface area contributed by atoms with Crippen LogP contribution in [0.3, 0.4) is 0 Å². The van der Waals surface area contributed by atoms with Crippen LogP contribution in [0.4, 0.5) is 17.5 Å². The summed E-state index contributed by atoms with van der Waals surface area (Å²) in [5.41, 5.74) is 0.848. The highest BCUT2D eigenvalue weighted by Crippen LogP contribution is 2.41. The first kappa shape index (κ1) is 27.2. The topological polar surface area (TPSA) is 136 Å². The second kappa shape index (κ2) is 12.2. The smallest absolute Gasteiger partial charge is 0.265 e. The SMILES string of the molecule is COc1ccccc1Oc1c(NS(=O)(=O)c2ccc(N(C)C)cc2)nc(N2CCOCC2)nc1OCCO. The van der Waals surface area contributed by atoms with Gasteiger partial charge in [0.1, 0.15) is 6.61 Å². The molecule has 0 amide bonds. The summed E-state index contributed by atoms with van der Waals surface area (Å²) < 4.78 is 52.0. The number of methoxy groups -OCH3 is 1. The molecule has 0 bridgehead atoms. The fraction of sp³-hybridized carbons (Fsp3) is 0.360. The van der Waals surface area contributed by atoms with Gasteiger partial charge in [0.2, 0.25) is 11.7 Å². The monoisotopic (exact) mass is 545 g/mol. The summed E-state index contributed by atoms with van der Waals surface area (Å²) in [5.74, 6) is 0.690. The van der Waals surface area contributed by atoms with Gasteiger partial charge in [-0.3, -0.25) is 4.72 Å². The Kier molecular flexibility index (Phi) is 8.71. The quantitative estimate of drug-likeness (QED) is 0.367. The minimum absolute atomic E-state index is 0.0377. The van der Waals surface area contributed by atoms with E-state index in [4.69, 9.17) is 18.9 Å². The van der Waals surface area contributed by atoms with Crippen molar-refractivity contribution in [2.24, 2.45) is 0 Å². The molecule has 12 nitrogen and oxygen atoms in total. The van der Waals surface area contributed by atoms with Gasteiger partial charge in [-0.05, 0) is 36.4 Å². The van der Waals surface area contributed by atoms with E-state index in [2.05, 4.69) is 14.7 Å². The van der Waals surface area contributed by atoms with Crippen LogP contribution in [-0.2, 0) is 14.8 Å². The Hall–Kier alpha value is -3.81. The predicted molar refractivity (Wildman–Crippen MR) is 142 cm³/mol. The Morgan fingerprint density at radius 1 is 1.05 bits per heavy atom. The first-order chi connectivity index (χ1) is 18.3.